The molecule has 1 aromatic carbocycles. The van der Waals surface area contributed by atoms with E-state index >= 15 is 0 Å². The first-order chi connectivity index (χ1) is 7.63. The second kappa shape index (κ2) is 6.43. The lowest BCUT2D eigenvalue weighted by molar-refractivity contribution is -0.129. The number of carbonyl (C=O) groups excluding carboxylic acids is 1. The van der Waals surface area contributed by atoms with Gasteiger partial charge < -0.3 is 10.6 Å². The molecule has 0 saturated heterocycles. The average Bonchev–Trinajstić information content (AvgIpc) is 2.29. The number of anilines is 1. The molecule has 4 heteroatoms. The van der Waals surface area contributed by atoms with E-state index < -0.39 is 0 Å². The predicted octanol–water partition coefficient (Wildman–Crippen LogP) is 1.98. The maximum Gasteiger partial charge on any atom is 0.223 e. The SMILES string of the molecule is CSCCC(=O)N(C)Cc1ccc(N)cc1. The monoisotopic (exact) mass is 238 g/mol. The Labute approximate surface area is 101 Å². The Balaban J connectivity index is 2.47. The topological polar surface area (TPSA) is 46.3 Å². The van der Waals surface area contributed by atoms with Gasteiger partial charge in [0.1, 0.15) is 0 Å². The second-order valence-corrected chi connectivity index (χ2v) is 4.72. The van der Waals surface area contributed by atoms with Gasteiger partial charge in [-0.05, 0) is 24.0 Å². The van der Waals surface area contributed by atoms with E-state index in [0.717, 1.165) is 17.0 Å². The molecule has 0 bridgehead atoms. The molecule has 0 fully saturated rings. The molecule has 0 radical (unpaired) electrons. The van der Waals surface area contributed by atoms with Gasteiger partial charge in [-0.2, -0.15) is 11.8 Å². The fourth-order valence-corrected chi connectivity index (χ4v) is 1.74. The number of amides is 1. The van der Waals surface area contributed by atoms with Gasteiger partial charge in [0.25, 0.3) is 0 Å². The summed E-state index contributed by atoms with van der Waals surface area (Å²) in [5, 5.41) is 0. The molecule has 1 aromatic rings. The van der Waals surface area contributed by atoms with Crippen molar-refractivity contribution in [1.82, 2.24) is 4.90 Å². The second-order valence-electron chi connectivity index (χ2n) is 3.73. The highest BCUT2D eigenvalue weighted by Gasteiger charge is 2.08. The van der Waals surface area contributed by atoms with Gasteiger partial charge in [0.05, 0.1) is 0 Å². The Morgan fingerprint density at radius 3 is 2.56 bits per heavy atom. The number of rotatable bonds is 5. The van der Waals surface area contributed by atoms with Crippen LogP contribution in [0.1, 0.15) is 12.0 Å². The number of hydrogen-bond acceptors (Lipinski definition) is 3. The standard InChI is InChI=1S/C12H18N2OS/c1-14(12(15)7-8-16-2)9-10-3-5-11(13)6-4-10/h3-6H,7-9,13H2,1-2H3. The van der Waals surface area contributed by atoms with Crippen LogP contribution in [0.15, 0.2) is 24.3 Å². The molecule has 16 heavy (non-hydrogen) atoms. The molecule has 0 spiro atoms. The summed E-state index contributed by atoms with van der Waals surface area (Å²) in [6.45, 7) is 0.646. The van der Waals surface area contributed by atoms with Crippen molar-refractivity contribution in [2.45, 2.75) is 13.0 Å². The van der Waals surface area contributed by atoms with Gasteiger partial charge in [-0.3, -0.25) is 4.79 Å². The molecule has 2 N–H and O–H groups in total. The molecular weight excluding hydrogens is 220 g/mol. The zero-order valence-electron chi connectivity index (χ0n) is 9.77. The Morgan fingerprint density at radius 2 is 2.00 bits per heavy atom. The number of carbonyl (C=O) groups is 1. The maximum absolute atomic E-state index is 11.7. The third-order valence-electron chi connectivity index (χ3n) is 2.35. The maximum atomic E-state index is 11.7. The minimum absolute atomic E-state index is 0.186. The van der Waals surface area contributed by atoms with Crippen molar-refractivity contribution in [2.24, 2.45) is 0 Å². The Kier molecular flexibility index (Phi) is 5.19. The van der Waals surface area contributed by atoms with Gasteiger partial charge in [-0.15, -0.1) is 0 Å². The Morgan fingerprint density at radius 1 is 1.38 bits per heavy atom. The summed E-state index contributed by atoms with van der Waals surface area (Å²) in [4.78, 5) is 13.4. The third-order valence-corrected chi connectivity index (χ3v) is 2.96. The van der Waals surface area contributed by atoms with Crippen LogP contribution in [0.4, 0.5) is 5.69 Å². The largest absolute Gasteiger partial charge is 0.399 e. The summed E-state index contributed by atoms with van der Waals surface area (Å²) in [5.41, 5.74) is 7.46. The lowest BCUT2D eigenvalue weighted by Crippen LogP contribution is -2.26. The van der Waals surface area contributed by atoms with Gasteiger partial charge in [-0.25, -0.2) is 0 Å². The molecule has 0 atom stereocenters. The van der Waals surface area contributed by atoms with Crippen LogP contribution in [-0.4, -0.2) is 29.9 Å². The highest BCUT2D eigenvalue weighted by molar-refractivity contribution is 7.98. The minimum Gasteiger partial charge on any atom is -0.399 e. The van der Waals surface area contributed by atoms with E-state index in [4.69, 9.17) is 5.73 Å². The molecule has 88 valence electrons. The van der Waals surface area contributed by atoms with Gasteiger partial charge in [0.2, 0.25) is 5.91 Å². The van der Waals surface area contributed by atoms with Crippen molar-refractivity contribution in [1.29, 1.82) is 0 Å². The Hall–Kier alpha value is -1.16. The van der Waals surface area contributed by atoms with E-state index in [1.165, 1.54) is 0 Å². The molecule has 1 amide bonds. The Bertz CT molecular complexity index is 337. The lowest BCUT2D eigenvalue weighted by atomic mass is 10.2. The van der Waals surface area contributed by atoms with Crippen LogP contribution >= 0.6 is 11.8 Å². The summed E-state index contributed by atoms with van der Waals surface area (Å²) >= 11 is 1.69. The molecule has 0 aliphatic heterocycles. The van der Waals surface area contributed by atoms with E-state index in [2.05, 4.69) is 0 Å². The van der Waals surface area contributed by atoms with Crippen molar-refractivity contribution < 1.29 is 4.79 Å². The van der Waals surface area contributed by atoms with Gasteiger partial charge in [0.15, 0.2) is 0 Å². The predicted molar refractivity (Wildman–Crippen MR) is 70.3 cm³/mol. The van der Waals surface area contributed by atoms with Crippen LogP contribution in [0.25, 0.3) is 0 Å². The fraction of sp³-hybridized carbons (Fsp3) is 0.417. The van der Waals surface area contributed by atoms with Crippen molar-refractivity contribution >= 4 is 23.4 Å². The highest BCUT2D eigenvalue weighted by atomic mass is 32.2. The molecule has 0 aromatic heterocycles. The molecule has 0 aliphatic carbocycles. The van der Waals surface area contributed by atoms with Crippen LogP contribution in [0, 0.1) is 0 Å². The number of nitrogens with two attached hydrogens (primary N) is 1. The van der Waals surface area contributed by atoms with E-state index in [0.29, 0.717) is 13.0 Å². The summed E-state index contributed by atoms with van der Waals surface area (Å²) < 4.78 is 0. The van der Waals surface area contributed by atoms with E-state index in [1.807, 2.05) is 37.6 Å². The molecule has 0 aliphatic rings. The summed E-state index contributed by atoms with van der Waals surface area (Å²) in [7, 11) is 1.83. The summed E-state index contributed by atoms with van der Waals surface area (Å²) in [6.07, 6.45) is 2.61. The van der Waals surface area contributed by atoms with E-state index in [1.54, 1.807) is 16.7 Å². The zero-order valence-corrected chi connectivity index (χ0v) is 10.6. The number of thioether (sulfide) groups is 1. The molecule has 0 unspecified atom stereocenters. The number of hydrogen-bond donors (Lipinski definition) is 1. The van der Waals surface area contributed by atoms with E-state index in [-0.39, 0.29) is 5.91 Å². The van der Waals surface area contributed by atoms with Crippen LogP contribution in [0.3, 0.4) is 0 Å². The molecule has 0 heterocycles. The van der Waals surface area contributed by atoms with E-state index in [9.17, 15) is 4.79 Å². The normalized spacial score (nSPS) is 10.1. The highest BCUT2D eigenvalue weighted by Crippen LogP contribution is 2.09. The minimum atomic E-state index is 0.186. The first kappa shape index (κ1) is 12.9. The number of benzene rings is 1. The fourth-order valence-electron chi connectivity index (χ4n) is 1.37. The first-order valence-electron chi connectivity index (χ1n) is 5.21. The van der Waals surface area contributed by atoms with Crippen LogP contribution in [0.5, 0.6) is 0 Å². The number of nitrogens with zero attached hydrogens (tertiary/aromatic N) is 1. The molecule has 3 nitrogen and oxygen atoms in total. The quantitative estimate of drug-likeness (QED) is 0.798. The first-order valence-corrected chi connectivity index (χ1v) is 6.60. The van der Waals surface area contributed by atoms with Crippen LogP contribution < -0.4 is 5.73 Å². The van der Waals surface area contributed by atoms with Crippen molar-refractivity contribution in [3.8, 4) is 0 Å². The average molecular weight is 238 g/mol. The summed E-state index contributed by atoms with van der Waals surface area (Å²) in [6, 6.07) is 7.62. The van der Waals surface area contributed by atoms with Gasteiger partial charge >= 0.3 is 0 Å². The smallest absolute Gasteiger partial charge is 0.223 e. The van der Waals surface area contributed by atoms with Gasteiger partial charge in [-0.1, -0.05) is 12.1 Å². The molecular formula is C12H18N2OS. The van der Waals surface area contributed by atoms with Crippen LogP contribution in [0.2, 0.25) is 0 Å². The molecule has 1 rings (SSSR count). The molecule has 0 saturated carbocycles. The zero-order chi connectivity index (χ0) is 12.0. The van der Waals surface area contributed by atoms with Crippen molar-refractivity contribution in [3.05, 3.63) is 29.8 Å². The van der Waals surface area contributed by atoms with Crippen LogP contribution in [-0.2, 0) is 11.3 Å². The van der Waals surface area contributed by atoms with Gasteiger partial charge in [0, 0.05) is 31.5 Å². The summed E-state index contributed by atoms with van der Waals surface area (Å²) in [5.74, 6) is 1.07. The third kappa shape index (κ3) is 4.14. The van der Waals surface area contributed by atoms with Crippen molar-refractivity contribution in [2.75, 3.05) is 24.8 Å². The number of nitrogen functional groups attached to an aromatic ring is 1. The van der Waals surface area contributed by atoms with Crippen molar-refractivity contribution in [3.63, 3.8) is 0 Å². The lowest BCUT2D eigenvalue weighted by Gasteiger charge is -2.17.